The van der Waals surface area contributed by atoms with Gasteiger partial charge in [-0.1, -0.05) is 19.3 Å². The molecule has 1 saturated carbocycles. The van der Waals surface area contributed by atoms with Crippen LogP contribution in [0.5, 0.6) is 11.5 Å². The summed E-state index contributed by atoms with van der Waals surface area (Å²) in [5.74, 6) is 3.19. The zero-order chi connectivity index (χ0) is 23.8. The molecule has 0 atom stereocenters. The summed E-state index contributed by atoms with van der Waals surface area (Å²) in [6.45, 7) is 1.28. The standard InChI is InChI=1S/C28H28N2O5/c31-27(19-4-2-1-3-5-19)29-22-9-6-18(7-10-22)25-15-21-16-30(13-12-23(21)35-25)28(32)20-8-11-24-26(14-20)34-17-33-24/h6-11,14-15,19H,1-5,12-13,16-17H2,(H,29,31). The number of nitrogens with one attached hydrogen (secondary N) is 1. The number of nitrogens with zero attached hydrogens (tertiary/aromatic N) is 1. The van der Waals surface area contributed by atoms with Crippen molar-refractivity contribution in [3.05, 3.63) is 65.4 Å². The number of hydrogen-bond donors (Lipinski definition) is 1. The fourth-order valence-electron chi connectivity index (χ4n) is 5.19. The summed E-state index contributed by atoms with van der Waals surface area (Å²) in [6, 6.07) is 15.1. The third-order valence-electron chi connectivity index (χ3n) is 7.19. The lowest BCUT2D eigenvalue weighted by atomic mass is 9.88. The van der Waals surface area contributed by atoms with Gasteiger partial charge in [0.05, 0.1) is 0 Å². The van der Waals surface area contributed by atoms with E-state index in [2.05, 4.69) is 5.32 Å². The molecule has 3 aromatic rings. The van der Waals surface area contributed by atoms with Crippen molar-refractivity contribution in [2.75, 3.05) is 18.7 Å². The first kappa shape index (κ1) is 21.8. The van der Waals surface area contributed by atoms with Gasteiger partial charge in [0.25, 0.3) is 5.91 Å². The number of fused-ring (bicyclic) bond motifs is 2. The second kappa shape index (κ2) is 9.13. The number of rotatable bonds is 4. The minimum atomic E-state index is -0.0326. The van der Waals surface area contributed by atoms with Crippen LogP contribution in [0.2, 0.25) is 0 Å². The molecule has 7 nitrogen and oxygen atoms in total. The molecule has 2 amide bonds. The van der Waals surface area contributed by atoms with E-state index in [9.17, 15) is 9.59 Å². The van der Waals surface area contributed by atoms with Gasteiger partial charge in [0.15, 0.2) is 11.5 Å². The minimum Gasteiger partial charge on any atom is -0.461 e. The summed E-state index contributed by atoms with van der Waals surface area (Å²) < 4.78 is 16.9. The second-order valence-electron chi connectivity index (χ2n) is 9.51. The Kier molecular flexibility index (Phi) is 5.68. The molecule has 0 radical (unpaired) electrons. The predicted molar refractivity (Wildman–Crippen MR) is 130 cm³/mol. The van der Waals surface area contributed by atoms with E-state index in [1.807, 2.05) is 35.2 Å². The SMILES string of the molecule is O=C(Nc1ccc(-c2cc3c(o2)CCN(C(=O)c2ccc4c(c2)OCO4)C3)cc1)C1CCCCC1. The van der Waals surface area contributed by atoms with Gasteiger partial charge in [-0.3, -0.25) is 9.59 Å². The highest BCUT2D eigenvalue weighted by molar-refractivity contribution is 5.95. The first-order valence-electron chi connectivity index (χ1n) is 12.4. The van der Waals surface area contributed by atoms with E-state index < -0.39 is 0 Å². The molecule has 0 spiro atoms. The first-order chi connectivity index (χ1) is 17.1. The summed E-state index contributed by atoms with van der Waals surface area (Å²) in [7, 11) is 0. The van der Waals surface area contributed by atoms with E-state index in [1.165, 1.54) is 6.42 Å². The van der Waals surface area contributed by atoms with Crippen molar-refractivity contribution in [1.29, 1.82) is 0 Å². The van der Waals surface area contributed by atoms with E-state index >= 15 is 0 Å². The lowest BCUT2D eigenvalue weighted by Gasteiger charge is -2.26. The summed E-state index contributed by atoms with van der Waals surface area (Å²) in [5.41, 5.74) is 3.37. The quantitative estimate of drug-likeness (QED) is 0.550. The maximum Gasteiger partial charge on any atom is 0.254 e. The molecule has 1 aliphatic carbocycles. The van der Waals surface area contributed by atoms with Gasteiger partial charge in [0.1, 0.15) is 11.5 Å². The van der Waals surface area contributed by atoms with Gasteiger partial charge in [-0.15, -0.1) is 0 Å². The molecule has 3 heterocycles. The summed E-state index contributed by atoms with van der Waals surface area (Å²) in [6.07, 6.45) is 6.14. The molecule has 6 rings (SSSR count). The van der Waals surface area contributed by atoms with Crippen LogP contribution >= 0.6 is 0 Å². The number of ether oxygens (including phenoxy) is 2. The minimum absolute atomic E-state index is 0.0326. The lowest BCUT2D eigenvalue weighted by molar-refractivity contribution is -0.120. The van der Waals surface area contributed by atoms with Crippen LogP contribution in [0.4, 0.5) is 5.69 Å². The van der Waals surface area contributed by atoms with Gasteiger partial charge in [-0.25, -0.2) is 0 Å². The molecule has 1 aromatic heterocycles. The number of furan rings is 1. The van der Waals surface area contributed by atoms with Gasteiger partial charge in [-0.05, 0) is 61.4 Å². The van der Waals surface area contributed by atoms with Crippen LogP contribution in [0.15, 0.2) is 52.9 Å². The number of amides is 2. The molecule has 0 bridgehead atoms. The number of benzene rings is 2. The third-order valence-corrected chi connectivity index (χ3v) is 7.19. The molecule has 0 saturated heterocycles. The van der Waals surface area contributed by atoms with Crippen LogP contribution in [0, 0.1) is 5.92 Å². The number of anilines is 1. The third kappa shape index (κ3) is 4.38. The average Bonchev–Trinajstić information content (AvgIpc) is 3.55. The van der Waals surface area contributed by atoms with E-state index in [0.717, 1.165) is 54.0 Å². The summed E-state index contributed by atoms with van der Waals surface area (Å²) in [5, 5.41) is 3.06. The molecule has 1 fully saturated rings. The molecule has 0 unspecified atom stereocenters. The van der Waals surface area contributed by atoms with Gasteiger partial charge in [0.2, 0.25) is 12.7 Å². The van der Waals surface area contributed by atoms with Gasteiger partial charge in [-0.2, -0.15) is 0 Å². The number of carbonyl (C=O) groups is 2. The first-order valence-corrected chi connectivity index (χ1v) is 12.4. The fraction of sp³-hybridized carbons (Fsp3) is 0.357. The van der Waals surface area contributed by atoms with Crippen molar-refractivity contribution in [3.8, 4) is 22.8 Å². The smallest absolute Gasteiger partial charge is 0.254 e. The summed E-state index contributed by atoms with van der Waals surface area (Å²) >= 11 is 0. The van der Waals surface area contributed by atoms with Crippen molar-refractivity contribution in [3.63, 3.8) is 0 Å². The highest BCUT2D eigenvalue weighted by Gasteiger charge is 2.27. The van der Waals surface area contributed by atoms with Crippen molar-refractivity contribution in [1.82, 2.24) is 4.90 Å². The van der Waals surface area contributed by atoms with Crippen LogP contribution < -0.4 is 14.8 Å². The molecule has 7 heteroatoms. The number of carbonyl (C=O) groups excluding carboxylic acids is 2. The van der Waals surface area contributed by atoms with Crippen molar-refractivity contribution >= 4 is 17.5 Å². The van der Waals surface area contributed by atoms with E-state index in [1.54, 1.807) is 18.2 Å². The van der Waals surface area contributed by atoms with Crippen molar-refractivity contribution in [2.45, 2.75) is 45.1 Å². The van der Waals surface area contributed by atoms with Crippen LogP contribution in [0.3, 0.4) is 0 Å². The zero-order valence-corrected chi connectivity index (χ0v) is 19.5. The monoisotopic (exact) mass is 472 g/mol. The molecular weight excluding hydrogens is 444 g/mol. The molecule has 35 heavy (non-hydrogen) atoms. The van der Waals surface area contributed by atoms with E-state index in [4.69, 9.17) is 13.9 Å². The maximum absolute atomic E-state index is 13.1. The molecule has 2 aromatic carbocycles. The largest absolute Gasteiger partial charge is 0.461 e. The fourth-order valence-corrected chi connectivity index (χ4v) is 5.19. The highest BCUT2D eigenvalue weighted by Crippen LogP contribution is 2.34. The molecule has 3 aliphatic rings. The van der Waals surface area contributed by atoms with Crippen LogP contribution in [-0.4, -0.2) is 30.1 Å². The van der Waals surface area contributed by atoms with Crippen LogP contribution in [0.1, 0.15) is 53.8 Å². The molecule has 2 aliphatic heterocycles. The second-order valence-corrected chi connectivity index (χ2v) is 9.51. The topological polar surface area (TPSA) is 81.0 Å². The predicted octanol–water partition coefficient (Wildman–Crippen LogP) is 5.39. The van der Waals surface area contributed by atoms with Gasteiger partial charge in [0, 0.05) is 47.8 Å². The van der Waals surface area contributed by atoms with Crippen LogP contribution in [0.25, 0.3) is 11.3 Å². The van der Waals surface area contributed by atoms with Crippen molar-refractivity contribution in [2.24, 2.45) is 5.92 Å². The van der Waals surface area contributed by atoms with Gasteiger partial charge >= 0.3 is 0 Å². The zero-order valence-electron chi connectivity index (χ0n) is 19.5. The molecular formula is C28H28N2O5. The van der Waals surface area contributed by atoms with Crippen molar-refractivity contribution < 1.29 is 23.5 Å². The van der Waals surface area contributed by atoms with Crippen LogP contribution in [-0.2, 0) is 17.8 Å². The van der Waals surface area contributed by atoms with E-state index in [-0.39, 0.29) is 24.5 Å². The Labute approximate surface area is 204 Å². The van der Waals surface area contributed by atoms with E-state index in [0.29, 0.717) is 36.6 Å². The average molecular weight is 473 g/mol. The van der Waals surface area contributed by atoms with Gasteiger partial charge < -0.3 is 24.1 Å². The molecule has 1 N–H and O–H groups in total. The Balaban J connectivity index is 1.12. The Morgan fingerprint density at radius 1 is 0.914 bits per heavy atom. The Morgan fingerprint density at radius 3 is 2.54 bits per heavy atom. The Hall–Kier alpha value is -3.74. The molecule has 180 valence electrons. The maximum atomic E-state index is 13.1. The lowest BCUT2D eigenvalue weighted by Crippen LogP contribution is -2.35. The number of hydrogen-bond acceptors (Lipinski definition) is 5. The highest BCUT2D eigenvalue weighted by atomic mass is 16.7. The normalized spacial score (nSPS) is 17.2. The Bertz CT molecular complexity index is 1260. The Morgan fingerprint density at radius 2 is 1.71 bits per heavy atom. The summed E-state index contributed by atoms with van der Waals surface area (Å²) in [4.78, 5) is 27.5.